The maximum absolute atomic E-state index is 12.9. The highest BCUT2D eigenvalue weighted by atomic mass is 19.4. The summed E-state index contributed by atoms with van der Waals surface area (Å²) < 4.78 is 56.5. The Labute approximate surface area is 159 Å². The highest BCUT2D eigenvalue weighted by Crippen LogP contribution is 2.30. The van der Waals surface area contributed by atoms with Crippen molar-refractivity contribution >= 4 is 11.9 Å². The van der Waals surface area contributed by atoms with Crippen LogP contribution < -0.4 is 10.2 Å². The van der Waals surface area contributed by atoms with Gasteiger partial charge in [0, 0.05) is 0 Å². The van der Waals surface area contributed by atoms with E-state index >= 15 is 0 Å². The van der Waals surface area contributed by atoms with Gasteiger partial charge in [-0.3, -0.25) is 5.43 Å². The molecule has 0 radical (unpaired) electrons. The van der Waals surface area contributed by atoms with E-state index < -0.39 is 11.7 Å². The maximum atomic E-state index is 12.9. The van der Waals surface area contributed by atoms with E-state index in [9.17, 15) is 17.6 Å². The normalized spacial score (nSPS) is 11.6. The third kappa shape index (κ3) is 5.57. The zero-order valence-corrected chi connectivity index (χ0v) is 14.6. The minimum absolute atomic E-state index is 0.241. The van der Waals surface area contributed by atoms with Gasteiger partial charge >= 0.3 is 6.18 Å². The highest BCUT2D eigenvalue weighted by molar-refractivity contribution is 5.80. The van der Waals surface area contributed by atoms with Crippen LogP contribution in [0.2, 0.25) is 0 Å². The lowest BCUT2D eigenvalue weighted by Gasteiger charge is -2.08. The fraction of sp³-hybridized carbons (Fsp3) is 0.0952. The second-order valence-electron chi connectivity index (χ2n) is 5.93. The lowest BCUT2D eigenvalue weighted by Crippen LogP contribution is -2.05. The minimum Gasteiger partial charge on any atom is -0.489 e. The van der Waals surface area contributed by atoms with Crippen molar-refractivity contribution in [1.29, 1.82) is 0 Å². The molecular formula is C21H16F4N2O. The van der Waals surface area contributed by atoms with Crippen LogP contribution >= 0.6 is 0 Å². The zero-order valence-electron chi connectivity index (χ0n) is 14.6. The second-order valence-corrected chi connectivity index (χ2v) is 5.93. The summed E-state index contributed by atoms with van der Waals surface area (Å²) in [6, 6.07) is 17.9. The molecular weight excluding hydrogens is 372 g/mol. The van der Waals surface area contributed by atoms with Gasteiger partial charge in [-0.05, 0) is 65.7 Å². The first kappa shape index (κ1) is 19.4. The van der Waals surface area contributed by atoms with Crippen LogP contribution in [0.5, 0.6) is 5.75 Å². The predicted molar refractivity (Wildman–Crippen MR) is 99.8 cm³/mol. The average molecular weight is 388 g/mol. The monoisotopic (exact) mass is 388 g/mol. The number of rotatable bonds is 6. The summed E-state index contributed by atoms with van der Waals surface area (Å²) in [5.41, 5.74) is 3.67. The Morgan fingerprint density at radius 3 is 2.32 bits per heavy atom. The Morgan fingerprint density at radius 1 is 0.929 bits per heavy atom. The zero-order chi connectivity index (χ0) is 20.0. The van der Waals surface area contributed by atoms with Crippen molar-refractivity contribution in [2.75, 3.05) is 5.43 Å². The molecule has 3 aromatic rings. The summed E-state index contributed by atoms with van der Waals surface area (Å²) in [6.07, 6.45) is -2.91. The number of hydrazone groups is 1. The van der Waals surface area contributed by atoms with Gasteiger partial charge in [0.25, 0.3) is 0 Å². The number of nitrogens with one attached hydrogen (secondary N) is 1. The largest absolute Gasteiger partial charge is 0.489 e. The SMILES string of the molecule is Fc1ccc(COc2ccc(C=NNc3cccc(C(F)(F)F)c3)cc2)cc1. The smallest absolute Gasteiger partial charge is 0.416 e. The van der Waals surface area contributed by atoms with Crippen LogP contribution in [-0.2, 0) is 12.8 Å². The Bertz CT molecular complexity index is 936. The molecule has 1 N–H and O–H groups in total. The van der Waals surface area contributed by atoms with E-state index in [-0.39, 0.29) is 11.5 Å². The Hall–Kier alpha value is -3.35. The molecule has 0 aliphatic rings. The summed E-state index contributed by atoms with van der Waals surface area (Å²) >= 11 is 0. The number of alkyl halides is 3. The van der Waals surface area contributed by atoms with E-state index in [4.69, 9.17) is 4.74 Å². The van der Waals surface area contributed by atoms with Crippen molar-refractivity contribution in [2.24, 2.45) is 5.10 Å². The van der Waals surface area contributed by atoms with E-state index in [0.29, 0.717) is 12.4 Å². The molecule has 3 nitrogen and oxygen atoms in total. The molecule has 0 saturated heterocycles. The molecule has 0 heterocycles. The van der Waals surface area contributed by atoms with Gasteiger partial charge in [0.1, 0.15) is 18.2 Å². The van der Waals surface area contributed by atoms with Crippen LogP contribution in [0.15, 0.2) is 77.9 Å². The molecule has 0 unspecified atom stereocenters. The Kier molecular flexibility index (Phi) is 5.93. The molecule has 0 spiro atoms. The third-order valence-corrected chi connectivity index (χ3v) is 3.80. The van der Waals surface area contributed by atoms with E-state index in [1.165, 1.54) is 30.5 Å². The minimum atomic E-state index is -4.40. The van der Waals surface area contributed by atoms with Crippen molar-refractivity contribution in [1.82, 2.24) is 0 Å². The molecule has 144 valence electrons. The Morgan fingerprint density at radius 2 is 1.64 bits per heavy atom. The van der Waals surface area contributed by atoms with Gasteiger partial charge in [-0.1, -0.05) is 18.2 Å². The molecule has 0 bridgehead atoms. The third-order valence-electron chi connectivity index (χ3n) is 3.80. The first-order chi connectivity index (χ1) is 13.4. The molecule has 0 aliphatic heterocycles. The molecule has 3 aromatic carbocycles. The van der Waals surface area contributed by atoms with Gasteiger partial charge in [-0.25, -0.2) is 4.39 Å². The number of hydrogen-bond acceptors (Lipinski definition) is 3. The van der Waals surface area contributed by atoms with Crippen molar-refractivity contribution in [3.05, 3.63) is 95.3 Å². The van der Waals surface area contributed by atoms with Crippen LogP contribution in [-0.4, -0.2) is 6.21 Å². The molecule has 0 saturated carbocycles. The molecule has 0 aliphatic carbocycles. The van der Waals surface area contributed by atoms with Gasteiger partial charge in [0.15, 0.2) is 0 Å². The van der Waals surface area contributed by atoms with E-state index in [0.717, 1.165) is 23.3 Å². The van der Waals surface area contributed by atoms with Crippen LogP contribution in [0.4, 0.5) is 23.2 Å². The number of hydrogen-bond donors (Lipinski definition) is 1. The lowest BCUT2D eigenvalue weighted by molar-refractivity contribution is -0.137. The van der Waals surface area contributed by atoms with Gasteiger partial charge in [0.05, 0.1) is 17.5 Å². The second kappa shape index (κ2) is 8.56. The molecule has 28 heavy (non-hydrogen) atoms. The summed E-state index contributed by atoms with van der Waals surface area (Å²) in [5, 5.41) is 3.95. The van der Waals surface area contributed by atoms with Crippen molar-refractivity contribution in [2.45, 2.75) is 12.8 Å². The predicted octanol–water partition coefficient (Wildman–Crippen LogP) is 5.87. The lowest BCUT2D eigenvalue weighted by atomic mass is 10.2. The first-order valence-corrected chi connectivity index (χ1v) is 8.34. The number of benzene rings is 3. The topological polar surface area (TPSA) is 33.6 Å². The van der Waals surface area contributed by atoms with E-state index in [1.54, 1.807) is 36.4 Å². The molecule has 0 aromatic heterocycles. The molecule has 0 amide bonds. The van der Waals surface area contributed by atoms with Crippen molar-refractivity contribution in [3.8, 4) is 5.75 Å². The van der Waals surface area contributed by atoms with Gasteiger partial charge in [-0.2, -0.15) is 18.3 Å². The van der Waals surface area contributed by atoms with Crippen LogP contribution in [0.1, 0.15) is 16.7 Å². The number of halogens is 4. The fourth-order valence-electron chi connectivity index (χ4n) is 2.34. The van der Waals surface area contributed by atoms with Gasteiger partial charge < -0.3 is 4.74 Å². The molecule has 0 fully saturated rings. The summed E-state index contributed by atoms with van der Waals surface area (Å²) in [6.45, 7) is 0.310. The summed E-state index contributed by atoms with van der Waals surface area (Å²) in [4.78, 5) is 0. The summed E-state index contributed by atoms with van der Waals surface area (Å²) in [7, 11) is 0. The average Bonchev–Trinajstić information content (AvgIpc) is 2.68. The Balaban J connectivity index is 1.54. The van der Waals surface area contributed by atoms with E-state index in [1.807, 2.05) is 0 Å². The van der Waals surface area contributed by atoms with Crippen LogP contribution in [0.3, 0.4) is 0 Å². The quantitative estimate of drug-likeness (QED) is 0.326. The van der Waals surface area contributed by atoms with Crippen molar-refractivity contribution in [3.63, 3.8) is 0 Å². The molecule has 7 heteroatoms. The maximum Gasteiger partial charge on any atom is 0.416 e. The van der Waals surface area contributed by atoms with Crippen molar-refractivity contribution < 1.29 is 22.3 Å². The fourth-order valence-corrected chi connectivity index (χ4v) is 2.34. The molecule has 3 rings (SSSR count). The van der Waals surface area contributed by atoms with E-state index in [2.05, 4.69) is 10.5 Å². The molecule has 0 atom stereocenters. The van der Waals surface area contributed by atoms with Crippen LogP contribution in [0.25, 0.3) is 0 Å². The number of nitrogens with zero attached hydrogens (tertiary/aromatic N) is 1. The number of anilines is 1. The van der Waals surface area contributed by atoms with Crippen LogP contribution in [0, 0.1) is 5.82 Å². The van der Waals surface area contributed by atoms with Gasteiger partial charge in [0.2, 0.25) is 0 Å². The summed E-state index contributed by atoms with van der Waals surface area (Å²) in [5.74, 6) is 0.332. The first-order valence-electron chi connectivity index (χ1n) is 8.34. The standard InChI is InChI=1S/C21H16F4N2O/c22-18-8-4-16(5-9-18)14-28-20-10-6-15(7-11-20)13-26-27-19-3-1-2-17(12-19)21(23,24)25/h1-13,27H,14H2. The van der Waals surface area contributed by atoms with Gasteiger partial charge in [-0.15, -0.1) is 0 Å². The number of ether oxygens (including phenoxy) is 1. The highest BCUT2D eigenvalue weighted by Gasteiger charge is 2.30.